The molecule has 0 aliphatic heterocycles. The zero-order valence-corrected chi connectivity index (χ0v) is 11.8. The number of phenolic OH excluding ortho intramolecular Hbond substituents is 1. The molecular weight excluding hydrogens is 288 g/mol. The molecule has 0 saturated carbocycles. The van der Waals surface area contributed by atoms with Crippen LogP contribution in [0.15, 0.2) is 48.5 Å². The molecule has 3 aromatic rings. The highest BCUT2D eigenvalue weighted by molar-refractivity contribution is 7.22. The summed E-state index contributed by atoms with van der Waals surface area (Å²) in [6, 6.07) is 14.3. The van der Waals surface area contributed by atoms with Crippen molar-refractivity contribution in [1.82, 2.24) is 4.98 Å². The zero-order valence-electron chi connectivity index (χ0n) is 10.9. The summed E-state index contributed by atoms with van der Waals surface area (Å²) in [4.78, 5) is 16.0. The first kappa shape index (κ1) is 13.4. The number of rotatable bonds is 3. The number of hydrogen-bond acceptors (Lipinski definition) is 5. The normalized spacial score (nSPS) is 10.5. The molecule has 2 N–H and O–H groups in total. The number of hydrogen-bond donors (Lipinski definition) is 2. The van der Waals surface area contributed by atoms with E-state index >= 15 is 0 Å². The van der Waals surface area contributed by atoms with Crippen LogP contribution in [0.2, 0.25) is 0 Å². The molecule has 0 unspecified atom stereocenters. The van der Waals surface area contributed by atoms with Gasteiger partial charge in [-0.15, -0.1) is 0 Å². The van der Waals surface area contributed by atoms with E-state index in [1.54, 1.807) is 18.2 Å². The molecule has 2 aromatic carbocycles. The predicted octanol–water partition coefficient (Wildman–Crippen LogP) is 3.75. The first-order chi connectivity index (χ1) is 10.2. The average molecular weight is 300 g/mol. The molecule has 0 atom stereocenters. The minimum atomic E-state index is -0.554. The molecule has 106 valence electrons. The van der Waals surface area contributed by atoms with Crippen molar-refractivity contribution in [3.05, 3.63) is 54.1 Å². The van der Waals surface area contributed by atoms with E-state index < -0.39 is 6.09 Å². The van der Waals surface area contributed by atoms with Gasteiger partial charge in [0.05, 0.1) is 10.2 Å². The summed E-state index contributed by atoms with van der Waals surface area (Å²) in [5.74, 6) is 0.171. The van der Waals surface area contributed by atoms with Crippen LogP contribution in [0.5, 0.6) is 5.75 Å². The fraction of sp³-hybridized carbons (Fsp3) is 0.0667. The topological polar surface area (TPSA) is 71.5 Å². The van der Waals surface area contributed by atoms with Crippen LogP contribution < -0.4 is 5.32 Å². The third kappa shape index (κ3) is 3.29. The number of thiazole rings is 1. The van der Waals surface area contributed by atoms with E-state index in [1.807, 2.05) is 30.3 Å². The average Bonchev–Trinajstić information content (AvgIpc) is 2.87. The molecule has 0 fully saturated rings. The number of anilines is 1. The van der Waals surface area contributed by atoms with Crippen molar-refractivity contribution in [2.75, 3.05) is 5.32 Å². The molecule has 0 bridgehead atoms. The maximum atomic E-state index is 11.7. The smallest absolute Gasteiger partial charge is 0.413 e. The maximum absolute atomic E-state index is 11.7. The van der Waals surface area contributed by atoms with E-state index in [-0.39, 0.29) is 12.4 Å². The standard InChI is InChI=1S/C15H12N2O3S/c18-11-6-7-12-13(8-11)21-14(16-12)17-15(19)20-9-10-4-2-1-3-5-10/h1-8,18H,9H2,(H,16,17,19). The first-order valence-electron chi connectivity index (χ1n) is 6.28. The molecule has 1 aromatic heterocycles. The quantitative estimate of drug-likeness (QED) is 0.772. The Bertz CT molecular complexity index is 771. The van der Waals surface area contributed by atoms with Crippen molar-refractivity contribution < 1.29 is 14.6 Å². The van der Waals surface area contributed by atoms with Gasteiger partial charge in [-0.05, 0) is 23.8 Å². The fourth-order valence-electron chi connectivity index (χ4n) is 1.81. The summed E-state index contributed by atoms with van der Waals surface area (Å²) in [6.45, 7) is 0.207. The van der Waals surface area contributed by atoms with Crippen molar-refractivity contribution in [2.24, 2.45) is 0 Å². The number of aromatic hydroxyl groups is 1. The lowest BCUT2D eigenvalue weighted by atomic mass is 10.2. The summed E-state index contributed by atoms with van der Waals surface area (Å²) < 4.78 is 5.92. The molecule has 0 saturated heterocycles. The molecule has 1 heterocycles. The van der Waals surface area contributed by atoms with Gasteiger partial charge in [0.25, 0.3) is 0 Å². The van der Waals surface area contributed by atoms with Crippen molar-refractivity contribution in [3.63, 3.8) is 0 Å². The second-order valence-electron chi connectivity index (χ2n) is 4.36. The van der Waals surface area contributed by atoms with Gasteiger partial charge in [0.2, 0.25) is 0 Å². The molecule has 3 rings (SSSR count). The monoisotopic (exact) mass is 300 g/mol. The number of nitrogens with one attached hydrogen (secondary N) is 1. The number of phenols is 1. The molecule has 21 heavy (non-hydrogen) atoms. The molecular formula is C15H12N2O3S. The Kier molecular flexibility index (Phi) is 3.70. The molecule has 0 aliphatic rings. The van der Waals surface area contributed by atoms with E-state index in [9.17, 15) is 9.90 Å². The lowest BCUT2D eigenvalue weighted by Crippen LogP contribution is -2.13. The Morgan fingerprint density at radius 3 is 2.86 bits per heavy atom. The van der Waals surface area contributed by atoms with E-state index in [0.717, 1.165) is 15.8 Å². The lowest BCUT2D eigenvalue weighted by molar-refractivity contribution is 0.155. The molecule has 0 spiro atoms. The molecule has 0 aliphatic carbocycles. The number of aromatic nitrogens is 1. The predicted molar refractivity (Wildman–Crippen MR) is 81.5 cm³/mol. The van der Waals surface area contributed by atoms with Crippen LogP contribution >= 0.6 is 11.3 Å². The highest BCUT2D eigenvalue weighted by atomic mass is 32.1. The molecule has 0 radical (unpaired) electrons. The van der Waals surface area contributed by atoms with Crippen LogP contribution in [0.25, 0.3) is 10.2 Å². The number of nitrogens with zero attached hydrogens (tertiary/aromatic N) is 1. The third-order valence-corrected chi connectivity index (χ3v) is 3.73. The minimum Gasteiger partial charge on any atom is -0.508 e. The maximum Gasteiger partial charge on any atom is 0.413 e. The van der Waals surface area contributed by atoms with Crippen LogP contribution in [-0.4, -0.2) is 16.2 Å². The second-order valence-corrected chi connectivity index (χ2v) is 5.39. The molecule has 5 nitrogen and oxygen atoms in total. The van der Waals surface area contributed by atoms with Gasteiger partial charge in [-0.1, -0.05) is 41.7 Å². The van der Waals surface area contributed by atoms with Crippen molar-refractivity contribution in [3.8, 4) is 5.75 Å². The summed E-state index contributed by atoms with van der Waals surface area (Å²) >= 11 is 1.28. The van der Waals surface area contributed by atoms with Crippen LogP contribution in [0, 0.1) is 0 Å². The Labute approximate surface area is 124 Å². The van der Waals surface area contributed by atoms with Crippen molar-refractivity contribution in [1.29, 1.82) is 0 Å². The van der Waals surface area contributed by atoms with Gasteiger partial charge >= 0.3 is 6.09 Å². The van der Waals surface area contributed by atoms with Gasteiger partial charge in [0.15, 0.2) is 5.13 Å². The number of amides is 1. The van der Waals surface area contributed by atoms with Crippen molar-refractivity contribution >= 4 is 32.8 Å². The first-order valence-corrected chi connectivity index (χ1v) is 7.09. The highest BCUT2D eigenvalue weighted by Gasteiger charge is 2.09. The van der Waals surface area contributed by atoms with E-state index in [1.165, 1.54) is 11.3 Å². The minimum absolute atomic E-state index is 0.171. The zero-order chi connectivity index (χ0) is 14.7. The van der Waals surface area contributed by atoms with Crippen LogP contribution in [0.4, 0.5) is 9.93 Å². The number of carbonyl (C=O) groups is 1. The summed E-state index contributed by atoms with van der Waals surface area (Å²) in [5, 5.41) is 12.4. The number of fused-ring (bicyclic) bond motifs is 1. The number of benzene rings is 2. The summed E-state index contributed by atoms with van der Waals surface area (Å²) in [5.41, 5.74) is 1.64. The highest BCUT2D eigenvalue weighted by Crippen LogP contribution is 2.28. The second kappa shape index (κ2) is 5.80. The molecule has 1 amide bonds. The Hall–Kier alpha value is -2.60. The van der Waals surface area contributed by atoms with Gasteiger partial charge in [-0.2, -0.15) is 0 Å². The van der Waals surface area contributed by atoms with Gasteiger partial charge in [0, 0.05) is 0 Å². The van der Waals surface area contributed by atoms with Gasteiger partial charge in [-0.3, -0.25) is 5.32 Å². The summed E-state index contributed by atoms with van der Waals surface area (Å²) in [7, 11) is 0. The van der Waals surface area contributed by atoms with Crippen LogP contribution in [-0.2, 0) is 11.3 Å². The largest absolute Gasteiger partial charge is 0.508 e. The Balaban J connectivity index is 1.63. The van der Waals surface area contributed by atoms with Crippen LogP contribution in [0.1, 0.15) is 5.56 Å². The number of carbonyl (C=O) groups excluding carboxylic acids is 1. The summed E-state index contributed by atoms with van der Waals surface area (Å²) in [6.07, 6.45) is -0.554. The third-order valence-electron chi connectivity index (χ3n) is 2.79. The Morgan fingerprint density at radius 1 is 1.24 bits per heavy atom. The Morgan fingerprint density at radius 2 is 2.05 bits per heavy atom. The van der Waals surface area contributed by atoms with Gasteiger partial charge in [0.1, 0.15) is 12.4 Å². The van der Waals surface area contributed by atoms with Gasteiger partial charge < -0.3 is 9.84 Å². The van der Waals surface area contributed by atoms with E-state index in [2.05, 4.69) is 10.3 Å². The number of ether oxygens (including phenoxy) is 1. The van der Waals surface area contributed by atoms with Crippen molar-refractivity contribution in [2.45, 2.75) is 6.61 Å². The lowest BCUT2D eigenvalue weighted by Gasteiger charge is -2.04. The van der Waals surface area contributed by atoms with Gasteiger partial charge in [-0.25, -0.2) is 9.78 Å². The SMILES string of the molecule is O=C(Nc1nc2ccc(O)cc2s1)OCc1ccccc1. The van der Waals surface area contributed by atoms with E-state index in [0.29, 0.717) is 5.13 Å². The fourth-order valence-corrected chi connectivity index (χ4v) is 2.70. The van der Waals surface area contributed by atoms with Crippen LogP contribution in [0.3, 0.4) is 0 Å². The molecule has 6 heteroatoms. The van der Waals surface area contributed by atoms with E-state index in [4.69, 9.17) is 4.74 Å².